The summed E-state index contributed by atoms with van der Waals surface area (Å²) < 4.78 is 6.42. The van der Waals surface area contributed by atoms with Crippen molar-refractivity contribution in [2.75, 3.05) is 6.54 Å². The molecule has 0 fully saturated rings. The Hall–Kier alpha value is -3.63. The summed E-state index contributed by atoms with van der Waals surface area (Å²) in [6.45, 7) is 6.68. The van der Waals surface area contributed by atoms with Crippen molar-refractivity contribution in [1.82, 2.24) is 5.32 Å². The fourth-order valence-electron chi connectivity index (χ4n) is 5.53. The quantitative estimate of drug-likeness (QED) is 0.329. The standard InChI is InChI=1S/C31H31NO3/c1-19-15-16-24(20(2)30(19)31(33)34)28-17-23(35-29-14-7-6-12-27(28)29)18-32-21(3)25-13-8-10-22-9-4-5-11-26(22)25/h4-16,21,23,28,32H,17-18H2,1-3H3,(H,33,34)/t21-,23-,28+/m1/s1. The normalized spacial score (nSPS) is 18.0. The van der Waals surface area contributed by atoms with Crippen LogP contribution in [0, 0.1) is 13.8 Å². The molecule has 4 aromatic rings. The first-order valence-corrected chi connectivity index (χ1v) is 12.2. The van der Waals surface area contributed by atoms with E-state index in [9.17, 15) is 9.90 Å². The van der Waals surface area contributed by atoms with Crippen LogP contribution in [0.5, 0.6) is 5.75 Å². The highest BCUT2D eigenvalue weighted by Gasteiger charge is 2.31. The van der Waals surface area contributed by atoms with Crippen molar-refractivity contribution in [2.24, 2.45) is 0 Å². The van der Waals surface area contributed by atoms with Crippen LogP contribution in [-0.4, -0.2) is 23.7 Å². The van der Waals surface area contributed by atoms with Crippen LogP contribution in [0.15, 0.2) is 78.9 Å². The SMILES string of the molecule is Cc1ccc([C@@H]2C[C@H](CN[C@H](C)c3cccc4ccccc34)Oc3ccccc32)c(C)c1C(=O)O. The van der Waals surface area contributed by atoms with Crippen LogP contribution >= 0.6 is 0 Å². The summed E-state index contributed by atoms with van der Waals surface area (Å²) in [6.07, 6.45) is 0.760. The van der Waals surface area contributed by atoms with E-state index in [-0.39, 0.29) is 18.1 Å². The van der Waals surface area contributed by atoms with Gasteiger partial charge in [-0.05, 0) is 66.3 Å². The highest BCUT2D eigenvalue weighted by Crippen LogP contribution is 2.42. The van der Waals surface area contributed by atoms with E-state index >= 15 is 0 Å². The van der Waals surface area contributed by atoms with Gasteiger partial charge in [-0.25, -0.2) is 4.79 Å². The van der Waals surface area contributed by atoms with Crippen molar-refractivity contribution in [1.29, 1.82) is 0 Å². The number of carbonyl (C=O) groups is 1. The van der Waals surface area contributed by atoms with Gasteiger partial charge in [-0.2, -0.15) is 0 Å². The number of benzene rings is 4. The summed E-state index contributed by atoms with van der Waals surface area (Å²) in [5, 5.41) is 16.0. The predicted octanol–water partition coefficient (Wildman–Crippen LogP) is 6.79. The molecule has 0 saturated heterocycles. The number of aryl methyl sites for hydroxylation is 1. The molecule has 0 spiro atoms. The molecule has 0 unspecified atom stereocenters. The highest BCUT2D eigenvalue weighted by atomic mass is 16.5. The molecule has 3 atom stereocenters. The van der Waals surface area contributed by atoms with Crippen LogP contribution < -0.4 is 10.1 Å². The van der Waals surface area contributed by atoms with Crippen LogP contribution in [0.4, 0.5) is 0 Å². The molecular weight excluding hydrogens is 434 g/mol. The van der Waals surface area contributed by atoms with Gasteiger partial charge in [0.2, 0.25) is 0 Å². The van der Waals surface area contributed by atoms with Crippen molar-refractivity contribution in [3.63, 3.8) is 0 Å². The maximum Gasteiger partial charge on any atom is 0.336 e. The molecule has 0 aliphatic carbocycles. The zero-order chi connectivity index (χ0) is 24.5. The molecule has 4 heteroatoms. The van der Waals surface area contributed by atoms with Crippen molar-refractivity contribution in [3.05, 3.63) is 112 Å². The second-order valence-corrected chi connectivity index (χ2v) is 9.54. The summed E-state index contributed by atoms with van der Waals surface area (Å²) in [6, 6.07) is 27.2. The monoisotopic (exact) mass is 465 g/mol. The number of rotatable bonds is 6. The molecule has 1 aliphatic heterocycles. The third-order valence-corrected chi connectivity index (χ3v) is 7.33. The fourth-order valence-corrected chi connectivity index (χ4v) is 5.53. The Balaban J connectivity index is 1.42. The molecule has 2 N–H and O–H groups in total. The number of hydrogen-bond donors (Lipinski definition) is 2. The van der Waals surface area contributed by atoms with E-state index in [1.54, 1.807) is 0 Å². The van der Waals surface area contributed by atoms with Gasteiger partial charge in [0.05, 0.1) is 5.56 Å². The van der Waals surface area contributed by atoms with Gasteiger partial charge in [0, 0.05) is 24.1 Å². The maximum absolute atomic E-state index is 12.0. The summed E-state index contributed by atoms with van der Waals surface area (Å²) in [4.78, 5) is 12.0. The Labute approximate surface area is 206 Å². The van der Waals surface area contributed by atoms with Crippen molar-refractivity contribution < 1.29 is 14.6 Å². The third-order valence-electron chi connectivity index (χ3n) is 7.33. The van der Waals surface area contributed by atoms with Gasteiger partial charge in [-0.15, -0.1) is 0 Å². The van der Waals surface area contributed by atoms with E-state index in [1.807, 2.05) is 38.1 Å². The van der Waals surface area contributed by atoms with E-state index in [0.29, 0.717) is 12.1 Å². The van der Waals surface area contributed by atoms with Crippen molar-refractivity contribution in [2.45, 2.75) is 45.3 Å². The minimum Gasteiger partial charge on any atom is -0.489 e. The topological polar surface area (TPSA) is 58.6 Å². The van der Waals surface area contributed by atoms with Gasteiger partial charge in [0.25, 0.3) is 0 Å². The summed E-state index contributed by atoms with van der Waals surface area (Å²) >= 11 is 0. The molecule has 0 bridgehead atoms. The van der Waals surface area contributed by atoms with Crippen LogP contribution in [0.2, 0.25) is 0 Å². The van der Waals surface area contributed by atoms with Crippen LogP contribution in [-0.2, 0) is 0 Å². The molecule has 1 aliphatic rings. The lowest BCUT2D eigenvalue weighted by molar-refractivity contribution is 0.0695. The van der Waals surface area contributed by atoms with Gasteiger partial charge in [0.15, 0.2) is 0 Å². The maximum atomic E-state index is 12.0. The number of aromatic carboxylic acids is 1. The first kappa shape index (κ1) is 23.1. The molecule has 35 heavy (non-hydrogen) atoms. The predicted molar refractivity (Wildman–Crippen MR) is 141 cm³/mol. The van der Waals surface area contributed by atoms with Crippen LogP contribution in [0.3, 0.4) is 0 Å². The van der Waals surface area contributed by atoms with Gasteiger partial charge in [0.1, 0.15) is 11.9 Å². The number of fused-ring (bicyclic) bond motifs is 2. The molecule has 0 saturated carbocycles. The molecule has 178 valence electrons. The first-order valence-electron chi connectivity index (χ1n) is 12.2. The number of para-hydroxylation sites is 1. The van der Waals surface area contributed by atoms with Gasteiger partial charge in [-0.1, -0.05) is 72.8 Å². The molecule has 0 aromatic heterocycles. The minimum absolute atomic E-state index is 0.0266. The minimum atomic E-state index is -0.871. The zero-order valence-corrected chi connectivity index (χ0v) is 20.4. The smallest absolute Gasteiger partial charge is 0.336 e. The molecule has 4 nitrogen and oxygen atoms in total. The lowest BCUT2D eigenvalue weighted by Crippen LogP contribution is -2.37. The fraction of sp³-hybridized carbons (Fsp3) is 0.258. The van der Waals surface area contributed by atoms with E-state index < -0.39 is 5.97 Å². The first-order chi connectivity index (χ1) is 16.9. The summed E-state index contributed by atoms with van der Waals surface area (Å²) in [5.41, 5.74) is 5.50. The molecule has 0 radical (unpaired) electrons. The van der Waals surface area contributed by atoms with Crippen molar-refractivity contribution in [3.8, 4) is 5.75 Å². The van der Waals surface area contributed by atoms with E-state index in [2.05, 4.69) is 66.8 Å². The lowest BCUT2D eigenvalue weighted by Gasteiger charge is -2.34. The summed E-state index contributed by atoms with van der Waals surface area (Å²) in [7, 11) is 0. The van der Waals surface area contributed by atoms with Gasteiger partial charge < -0.3 is 15.2 Å². The number of nitrogens with one attached hydrogen (secondary N) is 1. The van der Waals surface area contributed by atoms with Gasteiger partial charge >= 0.3 is 5.97 Å². The molecule has 4 aromatic carbocycles. The van der Waals surface area contributed by atoms with E-state index in [0.717, 1.165) is 34.4 Å². The van der Waals surface area contributed by atoms with E-state index in [4.69, 9.17) is 4.74 Å². The molecule has 5 rings (SSSR count). The van der Waals surface area contributed by atoms with Crippen LogP contribution in [0.25, 0.3) is 10.8 Å². The highest BCUT2D eigenvalue weighted by molar-refractivity contribution is 5.91. The van der Waals surface area contributed by atoms with Gasteiger partial charge in [-0.3, -0.25) is 0 Å². The Morgan fingerprint density at radius 1 is 0.971 bits per heavy atom. The van der Waals surface area contributed by atoms with E-state index in [1.165, 1.54) is 16.3 Å². The molecular formula is C31H31NO3. The Kier molecular flexibility index (Phi) is 6.31. The zero-order valence-electron chi connectivity index (χ0n) is 20.4. The average molecular weight is 466 g/mol. The van der Waals surface area contributed by atoms with Crippen LogP contribution in [0.1, 0.15) is 63.5 Å². The third kappa shape index (κ3) is 4.42. The Morgan fingerprint density at radius 2 is 1.71 bits per heavy atom. The largest absolute Gasteiger partial charge is 0.489 e. The molecule has 1 heterocycles. The molecule has 0 amide bonds. The Bertz CT molecular complexity index is 1390. The summed E-state index contributed by atoms with van der Waals surface area (Å²) in [5.74, 6) is 0.0906. The lowest BCUT2D eigenvalue weighted by atomic mass is 9.80. The number of carboxylic acids is 1. The Morgan fingerprint density at radius 3 is 2.54 bits per heavy atom. The number of carboxylic acid groups (broad SMARTS) is 1. The second-order valence-electron chi connectivity index (χ2n) is 9.54. The number of hydrogen-bond acceptors (Lipinski definition) is 3. The average Bonchev–Trinajstić information content (AvgIpc) is 2.86. The van der Waals surface area contributed by atoms with Crippen molar-refractivity contribution >= 4 is 16.7 Å². The second kappa shape index (κ2) is 9.55. The number of ether oxygens (including phenoxy) is 1.